The van der Waals surface area contributed by atoms with Crippen molar-refractivity contribution >= 4 is 0 Å². The molecule has 0 unspecified atom stereocenters. The van der Waals surface area contributed by atoms with Gasteiger partial charge in [-0.3, -0.25) is 4.57 Å². The summed E-state index contributed by atoms with van der Waals surface area (Å²) in [7, 11) is 0. The summed E-state index contributed by atoms with van der Waals surface area (Å²) in [4.78, 5) is 0. The second kappa shape index (κ2) is 2.73. The van der Waals surface area contributed by atoms with Gasteiger partial charge in [-0.05, 0) is 12.1 Å². The topological polar surface area (TPSA) is 30.7 Å². The van der Waals surface area contributed by atoms with E-state index in [9.17, 15) is 4.39 Å². The van der Waals surface area contributed by atoms with E-state index in [-0.39, 0.29) is 5.82 Å². The van der Waals surface area contributed by atoms with Crippen LogP contribution in [0.2, 0.25) is 0 Å². The van der Waals surface area contributed by atoms with Gasteiger partial charge in [-0.15, -0.1) is 10.2 Å². The molecule has 3 nitrogen and oxygen atoms in total. The molecule has 0 atom stereocenters. The van der Waals surface area contributed by atoms with Crippen molar-refractivity contribution in [3.8, 4) is 5.69 Å². The fourth-order valence-electron chi connectivity index (χ4n) is 0.986. The first-order valence-electron chi connectivity index (χ1n) is 3.47. The molecular formula is C8H6FN3. The predicted octanol–water partition coefficient (Wildman–Crippen LogP) is 1.41. The number of nitrogens with zero attached hydrogens (tertiary/aromatic N) is 3. The van der Waals surface area contributed by atoms with E-state index >= 15 is 0 Å². The van der Waals surface area contributed by atoms with Gasteiger partial charge < -0.3 is 0 Å². The van der Waals surface area contributed by atoms with E-state index in [1.807, 2.05) is 0 Å². The Bertz CT molecular complexity index is 370. The van der Waals surface area contributed by atoms with Gasteiger partial charge in [0.15, 0.2) is 0 Å². The summed E-state index contributed by atoms with van der Waals surface area (Å²) < 4.78 is 14.6. The van der Waals surface area contributed by atoms with Gasteiger partial charge in [0.2, 0.25) is 0 Å². The molecule has 60 valence electrons. The van der Waals surface area contributed by atoms with E-state index in [1.54, 1.807) is 18.2 Å². The quantitative estimate of drug-likeness (QED) is 0.636. The van der Waals surface area contributed by atoms with E-state index in [4.69, 9.17) is 0 Å². The average molecular weight is 163 g/mol. The van der Waals surface area contributed by atoms with Crippen molar-refractivity contribution in [1.82, 2.24) is 14.8 Å². The van der Waals surface area contributed by atoms with Crippen LogP contribution < -0.4 is 0 Å². The molecule has 0 amide bonds. The minimum atomic E-state index is -0.280. The van der Waals surface area contributed by atoms with Crippen molar-refractivity contribution in [2.75, 3.05) is 0 Å². The highest BCUT2D eigenvalue weighted by Crippen LogP contribution is 2.10. The second-order valence-electron chi connectivity index (χ2n) is 2.32. The van der Waals surface area contributed by atoms with E-state index in [0.717, 1.165) is 0 Å². The molecule has 0 aliphatic heterocycles. The van der Waals surface area contributed by atoms with Crippen LogP contribution >= 0.6 is 0 Å². The van der Waals surface area contributed by atoms with E-state index in [0.29, 0.717) is 5.69 Å². The molecule has 4 heteroatoms. The molecule has 0 aliphatic carbocycles. The molecule has 0 saturated heterocycles. The summed E-state index contributed by atoms with van der Waals surface area (Å²) in [5.74, 6) is -0.280. The van der Waals surface area contributed by atoms with Gasteiger partial charge in [0.05, 0.1) is 5.69 Å². The van der Waals surface area contributed by atoms with Crippen LogP contribution in [-0.2, 0) is 0 Å². The van der Waals surface area contributed by atoms with Crippen molar-refractivity contribution in [3.63, 3.8) is 0 Å². The lowest BCUT2D eigenvalue weighted by atomic mass is 10.3. The number of rotatable bonds is 1. The number of para-hydroxylation sites is 1. The SMILES string of the molecule is Fc1ccccc1-n1cnnc1. The Hall–Kier alpha value is -1.71. The van der Waals surface area contributed by atoms with Crippen molar-refractivity contribution < 1.29 is 4.39 Å². The van der Waals surface area contributed by atoms with Crippen LogP contribution in [0, 0.1) is 5.82 Å². The molecule has 0 aliphatic rings. The van der Waals surface area contributed by atoms with Crippen LogP contribution in [0.25, 0.3) is 5.69 Å². The van der Waals surface area contributed by atoms with Crippen molar-refractivity contribution in [3.05, 3.63) is 42.7 Å². The van der Waals surface area contributed by atoms with Crippen molar-refractivity contribution in [2.24, 2.45) is 0 Å². The maximum atomic E-state index is 13.1. The van der Waals surface area contributed by atoms with Crippen LogP contribution in [-0.4, -0.2) is 14.8 Å². The maximum absolute atomic E-state index is 13.1. The smallest absolute Gasteiger partial charge is 0.147 e. The Balaban J connectivity index is 2.55. The molecular weight excluding hydrogens is 157 g/mol. The molecule has 2 rings (SSSR count). The second-order valence-corrected chi connectivity index (χ2v) is 2.32. The Morgan fingerprint density at radius 3 is 2.42 bits per heavy atom. The van der Waals surface area contributed by atoms with Crippen LogP contribution in [0.5, 0.6) is 0 Å². The molecule has 0 N–H and O–H groups in total. The third-order valence-corrected chi connectivity index (χ3v) is 1.55. The molecule has 0 fully saturated rings. The lowest BCUT2D eigenvalue weighted by Crippen LogP contribution is -1.93. The van der Waals surface area contributed by atoms with Gasteiger partial charge in [0, 0.05) is 0 Å². The molecule has 1 heterocycles. The van der Waals surface area contributed by atoms with Gasteiger partial charge in [-0.2, -0.15) is 0 Å². The van der Waals surface area contributed by atoms with Crippen LogP contribution in [0.15, 0.2) is 36.9 Å². The number of benzene rings is 1. The van der Waals surface area contributed by atoms with Crippen LogP contribution in [0.4, 0.5) is 4.39 Å². The van der Waals surface area contributed by atoms with Crippen molar-refractivity contribution in [2.45, 2.75) is 0 Å². The molecule has 0 radical (unpaired) electrons. The monoisotopic (exact) mass is 163 g/mol. The summed E-state index contributed by atoms with van der Waals surface area (Å²) in [6.07, 6.45) is 2.91. The number of halogens is 1. The molecule has 12 heavy (non-hydrogen) atoms. The van der Waals surface area contributed by atoms with E-state index < -0.39 is 0 Å². The average Bonchev–Trinajstić information content (AvgIpc) is 2.57. The Morgan fingerprint density at radius 2 is 1.75 bits per heavy atom. The van der Waals surface area contributed by atoms with Gasteiger partial charge in [0.1, 0.15) is 18.5 Å². The predicted molar refractivity (Wildman–Crippen MR) is 41.3 cm³/mol. The normalized spacial score (nSPS) is 10.1. The van der Waals surface area contributed by atoms with E-state index in [1.165, 1.54) is 23.3 Å². The highest BCUT2D eigenvalue weighted by molar-refractivity contribution is 5.32. The number of hydrogen-bond donors (Lipinski definition) is 0. The zero-order valence-corrected chi connectivity index (χ0v) is 6.18. The first kappa shape index (κ1) is 6.97. The lowest BCUT2D eigenvalue weighted by molar-refractivity contribution is 0.618. The summed E-state index contributed by atoms with van der Waals surface area (Å²) >= 11 is 0. The molecule has 0 saturated carbocycles. The minimum absolute atomic E-state index is 0.280. The maximum Gasteiger partial charge on any atom is 0.147 e. The highest BCUT2D eigenvalue weighted by atomic mass is 19.1. The van der Waals surface area contributed by atoms with Crippen molar-refractivity contribution in [1.29, 1.82) is 0 Å². The Kier molecular flexibility index (Phi) is 1.59. The lowest BCUT2D eigenvalue weighted by Gasteiger charge is -2.00. The van der Waals surface area contributed by atoms with Gasteiger partial charge in [0.25, 0.3) is 0 Å². The molecule has 0 bridgehead atoms. The zero-order valence-electron chi connectivity index (χ0n) is 6.18. The number of hydrogen-bond acceptors (Lipinski definition) is 2. The first-order valence-corrected chi connectivity index (χ1v) is 3.47. The third kappa shape index (κ3) is 1.07. The van der Waals surface area contributed by atoms with Gasteiger partial charge in [-0.25, -0.2) is 4.39 Å². The third-order valence-electron chi connectivity index (χ3n) is 1.55. The standard InChI is InChI=1S/C8H6FN3/c9-7-3-1-2-4-8(7)12-5-10-11-6-12/h1-6H. The van der Waals surface area contributed by atoms with Crippen LogP contribution in [0.3, 0.4) is 0 Å². The molecule has 1 aromatic heterocycles. The summed E-state index contributed by atoms with van der Waals surface area (Å²) in [5.41, 5.74) is 0.461. The summed E-state index contributed by atoms with van der Waals surface area (Å²) in [5, 5.41) is 7.17. The Labute approximate surface area is 68.5 Å². The van der Waals surface area contributed by atoms with E-state index in [2.05, 4.69) is 10.2 Å². The highest BCUT2D eigenvalue weighted by Gasteiger charge is 2.00. The fourth-order valence-corrected chi connectivity index (χ4v) is 0.986. The minimum Gasteiger partial charge on any atom is -0.285 e. The van der Waals surface area contributed by atoms with Gasteiger partial charge in [-0.1, -0.05) is 12.1 Å². The van der Waals surface area contributed by atoms with Gasteiger partial charge >= 0.3 is 0 Å². The Morgan fingerprint density at radius 1 is 1.08 bits per heavy atom. The largest absolute Gasteiger partial charge is 0.285 e. The molecule has 1 aromatic carbocycles. The van der Waals surface area contributed by atoms with Crippen LogP contribution in [0.1, 0.15) is 0 Å². The first-order chi connectivity index (χ1) is 5.88. The zero-order chi connectivity index (χ0) is 8.39. The number of aromatic nitrogens is 3. The molecule has 2 aromatic rings. The molecule has 0 spiro atoms. The summed E-state index contributed by atoms with van der Waals surface area (Å²) in [6.45, 7) is 0. The summed E-state index contributed by atoms with van der Waals surface area (Å²) in [6, 6.07) is 6.47. The fraction of sp³-hybridized carbons (Fsp3) is 0.